The number of benzene rings is 2. The highest BCUT2D eigenvalue weighted by atomic mass is 32.1. The number of rotatable bonds is 9. The van der Waals surface area contributed by atoms with Crippen LogP contribution in [0, 0.1) is 0 Å². The van der Waals surface area contributed by atoms with Crippen molar-refractivity contribution in [1.82, 2.24) is 10.2 Å². The van der Waals surface area contributed by atoms with Crippen molar-refractivity contribution in [3.8, 4) is 0 Å². The average Bonchev–Trinajstić information content (AvgIpc) is 3.30. The summed E-state index contributed by atoms with van der Waals surface area (Å²) in [4.78, 5) is 28.0. The summed E-state index contributed by atoms with van der Waals surface area (Å²) >= 11 is 1.76. The van der Waals surface area contributed by atoms with Gasteiger partial charge in [0.2, 0.25) is 11.8 Å². The summed E-state index contributed by atoms with van der Waals surface area (Å²) in [7, 11) is 0. The molecule has 32 heavy (non-hydrogen) atoms. The van der Waals surface area contributed by atoms with Crippen molar-refractivity contribution >= 4 is 23.2 Å². The Morgan fingerprint density at radius 2 is 1.72 bits per heavy atom. The van der Waals surface area contributed by atoms with Gasteiger partial charge in [0.25, 0.3) is 0 Å². The summed E-state index contributed by atoms with van der Waals surface area (Å²) in [6.45, 7) is 2.94. The summed E-state index contributed by atoms with van der Waals surface area (Å²) in [5, 5.41) is 5.01. The maximum Gasteiger partial charge on any atom is 0.223 e. The fourth-order valence-electron chi connectivity index (χ4n) is 3.82. The fraction of sp³-hybridized carbons (Fsp3) is 0.308. The summed E-state index contributed by atoms with van der Waals surface area (Å²) < 4.78 is 5.80. The van der Waals surface area contributed by atoms with Crippen molar-refractivity contribution in [2.45, 2.75) is 45.6 Å². The van der Waals surface area contributed by atoms with Gasteiger partial charge in [-0.3, -0.25) is 9.59 Å². The first kappa shape index (κ1) is 22.2. The van der Waals surface area contributed by atoms with E-state index in [1.54, 1.807) is 11.3 Å². The Balaban J connectivity index is 1.17. The molecule has 0 unspecified atom stereocenters. The molecule has 1 aromatic heterocycles. The maximum atomic E-state index is 12.5. The van der Waals surface area contributed by atoms with E-state index in [1.807, 2.05) is 59.5 Å². The molecular formula is C26H28N2O3S. The van der Waals surface area contributed by atoms with E-state index in [2.05, 4.69) is 16.8 Å². The Bertz CT molecular complexity index is 1050. The van der Waals surface area contributed by atoms with Gasteiger partial charge in [0.05, 0.1) is 13.2 Å². The molecule has 0 atom stereocenters. The van der Waals surface area contributed by atoms with Gasteiger partial charge in [-0.25, -0.2) is 0 Å². The van der Waals surface area contributed by atoms with Gasteiger partial charge in [0, 0.05) is 37.4 Å². The SMILES string of the molecule is O=C(CCC(=O)N1CCc2sccc2C1)NCc1cccc(COCc2ccccc2)c1. The standard InChI is InChI=1S/C26H28N2O3S/c29-25(9-10-26(30)28-13-11-24-23(17-28)12-14-32-24)27-16-21-7-4-8-22(15-21)19-31-18-20-5-2-1-3-6-20/h1-8,12,14-15H,9-11,13,16-19H2,(H,27,29). The molecule has 2 heterocycles. The minimum absolute atomic E-state index is 0.0505. The number of carbonyl (C=O) groups is 2. The number of nitrogens with zero attached hydrogens (tertiary/aromatic N) is 1. The molecule has 1 aliphatic rings. The third kappa shape index (κ3) is 6.28. The van der Waals surface area contributed by atoms with Crippen LogP contribution < -0.4 is 5.32 Å². The van der Waals surface area contributed by atoms with Gasteiger partial charge in [0.1, 0.15) is 0 Å². The van der Waals surface area contributed by atoms with E-state index < -0.39 is 0 Å². The van der Waals surface area contributed by atoms with Crippen molar-refractivity contribution in [1.29, 1.82) is 0 Å². The number of amides is 2. The Labute approximate surface area is 193 Å². The summed E-state index contributed by atoms with van der Waals surface area (Å²) in [5.74, 6) is -0.0492. The molecule has 5 nitrogen and oxygen atoms in total. The third-order valence-corrected chi connectivity index (χ3v) is 6.61. The Hall–Kier alpha value is -2.96. The van der Waals surface area contributed by atoms with Gasteiger partial charge in [-0.15, -0.1) is 11.3 Å². The van der Waals surface area contributed by atoms with E-state index in [9.17, 15) is 9.59 Å². The van der Waals surface area contributed by atoms with Gasteiger partial charge in [0.15, 0.2) is 0 Å². The minimum Gasteiger partial charge on any atom is -0.372 e. The molecular weight excluding hydrogens is 420 g/mol. The van der Waals surface area contributed by atoms with Crippen LogP contribution in [0.1, 0.15) is 40.0 Å². The number of hydrogen-bond donors (Lipinski definition) is 1. The minimum atomic E-state index is -0.0997. The van der Waals surface area contributed by atoms with Crippen LogP contribution in [0.4, 0.5) is 0 Å². The van der Waals surface area contributed by atoms with Gasteiger partial charge >= 0.3 is 0 Å². The van der Waals surface area contributed by atoms with Crippen LogP contribution in [0.15, 0.2) is 66.0 Å². The van der Waals surface area contributed by atoms with Crippen molar-refractivity contribution in [2.75, 3.05) is 6.54 Å². The van der Waals surface area contributed by atoms with E-state index in [-0.39, 0.29) is 24.7 Å². The van der Waals surface area contributed by atoms with Gasteiger partial charge in [-0.05, 0) is 40.1 Å². The Morgan fingerprint density at radius 1 is 0.938 bits per heavy atom. The number of ether oxygens (including phenoxy) is 1. The van der Waals surface area contributed by atoms with E-state index in [1.165, 1.54) is 10.4 Å². The predicted molar refractivity (Wildman–Crippen MR) is 126 cm³/mol. The average molecular weight is 449 g/mol. The molecule has 1 N–H and O–H groups in total. The van der Waals surface area contributed by atoms with E-state index in [0.717, 1.165) is 29.7 Å². The van der Waals surface area contributed by atoms with Gasteiger partial charge in [-0.1, -0.05) is 54.6 Å². The Kier molecular flexibility index (Phi) is 7.69. The zero-order valence-electron chi connectivity index (χ0n) is 18.1. The Morgan fingerprint density at radius 3 is 2.59 bits per heavy atom. The van der Waals surface area contributed by atoms with Crippen LogP contribution in [-0.2, 0) is 47.1 Å². The zero-order chi connectivity index (χ0) is 22.2. The second-order valence-corrected chi connectivity index (χ2v) is 9.01. The third-order valence-electron chi connectivity index (χ3n) is 5.59. The van der Waals surface area contributed by atoms with Gasteiger partial charge < -0.3 is 15.0 Å². The molecule has 0 saturated heterocycles. The normalized spacial score (nSPS) is 12.9. The predicted octanol–water partition coefficient (Wildman–Crippen LogP) is 4.45. The highest BCUT2D eigenvalue weighted by molar-refractivity contribution is 7.10. The van der Waals surface area contributed by atoms with E-state index >= 15 is 0 Å². The van der Waals surface area contributed by atoms with Crippen LogP contribution in [0.25, 0.3) is 0 Å². The molecule has 1 aliphatic heterocycles. The number of fused-ring (bicyclic) bond motifs is 1. The summed E-state index contributed by atoms with van der Waals surface area (Å²) in [5.41, 5.74) is 4.48. The fourth-order valence-corrected chi connectivity index (χ4v) is 4.71. The molecule has 166 valence electrons. The van der Waals surface area contributed by atoms with Crippen molar-refractivity contribution < 1.29 is 14.3 Å². The first-order valence-corrected chi connectivity index (χ1v) is 11.8. The van der Waals surface area contributed by atoms with Crippen molar-refractivity contribution in [3.05, 3.63) is 93.2 Å². The number of thiophene rings is 1. The number of nitrogens with one attached hydrogen (secondary N) is 1. The molecule has 2 aromatic carbocycles. The second-order valence-electron chi connectivity index (χ2n) is 8.01. The van der Waals surface area contributed by atoms with E-state index in [4.69, 9.17) is 4.74 Å². The molecule has 0 fully saturated rings. The van der Waals surface area contributed by atoms with Gasteiger partial charge in [-0.2, -0.15) is 0 Å². The van der Waals surface area contributed by atoms with Crippen LogP contribution in [0.2, 0.25) is 0 Å². The monoisotopic (exact) mass is 448 g/mol. The lowest BCUT2D eigenvalue weighted by Crippen LogP contribution is -2.36. The first-order valence-electron chi connectivity index (χ1n) is 11.0. The molecule has 4 rings (SSSR count). The first-order chi connectivity index (χ1) is 15.7. The molecule has 0 aliphatic carbocycles. The largest absolute Gasteiger partial charge is 0.372 e. The number of hydrogen-bond acceptors (Lipinski definition) is 4. The highest BCUT2D eigenvalue weighted by Crippen LogP contribution is 2.24. The second kappa shape index (κ2) is 11.1. The lowest BCUT2D eigenvalue weighted by molar-refractivity contribution is -0.134. The zero-order valence-corrected chi connectivity index (χ0v) is 18.9. The van der Waals surface area contributed by atoms with Crippen molar-refractivity contribution in [3.63, 3.8) is 0 Å². The lowest BCUT2D eigenvalue weighted by atomic mass is 10.1. The molecule has 0 saturated carbocycles. The summed E-state index contributed by atoms with van der Waals surface area (Å²) in [6, 6.07) is 20.2. The highest BCUT2D eigenvalue weighted by Gasteiger charge is 2.21. The quantitative estimate of drug-likeness (QED) is 0.526. The molecule has 3 aromatic rings. The summed E-state index contributed by atoms with van der Waals surface area (Å²) in [6.07, 6.45) is 1.38. The van der Waals surface area contributed by atoms with Crippen LogP contribution in [0.5, 0.6) is 0 Å². The smallest absolute Gasteiger partial charge is 0.223 e. The topological polar surface area (TPSA) is 58.6 Å². The molecule has 0 radical (unpaired) electrons. The van der Waals surface area contributed by atoms with Crippen LogP contribution in [0.3, 0.4) is 0 Å². The van der Waals surface area contributed by atoms with Crippen molar-refractivity contribution in [2.24, 2.45) is 0 Å². The molecule has 6 heteroatoms. The molecule has 0 bridgehead atoms. The van der Waals surface area contributed by atoms with E-state index in [0.29, 0.717) is 26.3 Å². The van der Waals surface area contributed by atoms with Crippen LogP contribution in [-0.4, -0.2) is 23.3 Å². The van der Waals surface area contributed by atoms with Crippen LogP contribution >= 0.6 is 11.3 Å². The number of carbonyl (C=O) groups excluding carboxylic acids is 2. The molecule has 2 amide bonds. The lowest BCUT2D eigenvalue weighted by Gasteiger charge is -2.27. The molecule has 0 spiro atoms. The maximum absolute atomic E-state index is 12.5.